The summed E-state index contributed by atoms with van der Waals surface area (Å²) in [6.07, 6.45) is 20.2. The molecule has 1 aliphatic heterocycles. The number of amides is 1. The van der Waals surface area contributed by atoms with Crippen molar-refractivity contribution >= 4 is 5.91 Å². The predicted molar refractivity (Wildman–Crippen MR) is 141 cm³/mol. The number of ether oxygens (including phenoxy) is 1. The van der Waals surface area contributed by atoms with Crippen molar-refractivity contribution in [3.05, 3.63) is 0 Å². The third kappa shape index (κ3) is 6.84. The first kappa shape index (κ1) is 28.8. The molecule has 3 atom stereocenters. The average molecular weight is 465 g/mol. The summed E-state index contributed by atoms with van der Waals surface area (Å²) in [7, 11) is 0. The van der Waals surface area contributed by atoms with E-state index in [1.165, 1.54) is 96.3 Å². The van der Waals surface area contributed by atoms with Crippen molar-refractivity contribution in [3.63, 3.8) is 0 Å². The standard InChI is InChI=1S/C30H58NO2/c1-7-10-12-14-16-18-22-31(23-19-17-15-13-11-8-2)28(32)25-33-30(31)21-20-27(24-26(30)4)29(5,6)9-3/h26-27H,7-25H2,1-6H3/q+1. The molecule has 0 bridgehead atoms. The molecule has 1 saturated heterocycles. The van der Waals surface area contributed by atoms with E-state index in [4.69, 9.17) is 4.74 Å². The summed E-state index contributed by atoms with van der Waals surface area (Å²) < 4.78 is 7.28. The molecule has 2 fully saturated rings. The molecule has 2 rings (SSSR count). The van der Waals surface area contributed by atoms with E-state index in [0.29, 0.717) is 28.3 Å². The van der Waals surface area contributed by atoms with E-state index in [2.05, 4.69) is 41.5 Å². The molecule has 1 amide bonds. The summed E-state index contributed by atoms with van der Waals surface area (Å²) >= 11 is 0. The van der Waals surface area contributed by atoms with Crippen molar-refractivity contribution in [2.24, 2.45) is 17.3 Å². The fraction of sp³-hybridized carbons (Fsp3) is 0.967. The summed E-state index contributed by atoms with van der Waals surface area (Å²) in [5, 5.41) is 0. The zero-order chi connectivity index (χ0) is 24.4. The normalized spacial score (nSPS) is 27.5. The molecule has 0 aromatic carbocycles. The van der Waals surface area contributed by atoms with Crippen LogP contribution in [0.1, 0.15) is 144 Å². The van der Waals surface area contributed by atoms with E-state index < -0.39 is 0 Å². The summed E-state index contributed by atoms with van der Waals surface area (Å²) in [5.41, 5.74) is 0.122. The smallest absolute Gasteiger partial charge is 0.312 e. The van der Waals surface area contributed by atoms with Crippen LogP contribution >= 0.6 is 0 Å². The van der Waals surface area contributed by atoms with Gasteiger partial charge in [0.15, 0.2) is 6.61 Å². The molecule has 0 aromatic rings. The lowest BCUT2D eigenvalue weighted by molar-refractivity contribution is -0.925. The van der Waals surface area contributed by atoms with Crippen LogP contribution in [-0.2, 0) is 9.53 Å². The molecular weight excluding hydrogens is 406 g/mol. The Kier molecular flexibility index (Phi) is 11.9. The second kappa shape index (κ2) is 13.6. The molecule has 3 unspecified atom stereocenters. The van der Waals surface area contributed by atoms with Crippen molar-refractivity contribution in [1.82, 2.24) is 0 Å². The third-order valence-corrected chi connectivity index (χ3v) is 9.71. The molecule has 194 valence electrons. The number of carbonyl (C=O) groups is 1. The molecule has 0 N–H and O–H groups in total. The topological polar surface area (TPSA) is 26.3 Å². The Morgan fingerprint density at radius 3 is 1.88 bits per heavy atom. The van der Waals surface area contributed by atoms with Crippen LogP contribution in [0.2, 0.25) is 0 Å². The van der Waals surface area contributed by atoms with Gasteiger partial charge in [0.05, 0.1) is 13.1 Å². The van der Waals surface area contributed by atoms with Crippen LogP contribution in [0.15, 0.2) is 0 Å². The van der Waals surface area contributed by atoms with Crippen molar-refractivity contribution in [2.75, 3.05) is 19.7 Å². The quantitative estimate of drug-likeness (QED) is 0.169. The minimum atomic E-state index is -0.260. The first-order chi connectivity index (χ1) is 15.8. The molecule has 3 nitrogen and oxygen atoms in total. The van der Waals surface area contributed by atoms with Gasteiger partial charge in [-0.25, -0.2) is 9.28 Å². The largest absolute Gasteiger partial charge is 0.342 e. The van der Waals surface area contributed by atoms with Crippen LogP contribution in [0.4, 0.5) is 0 Å². The Bertz CT molecular complexity index is 556. The Morgan fingerprint density at radius 1 is 0.879 bits per heavy atom. The molecule has 0 radical (unpaired) electrons. The van der Waals surface area contributed by atoms with Crippen LogP contribution < -0.4 is 0 Å². The van der Waals surface area contributed by atoms with E-state index >= 15 is 0 Å². The van der Waals surface area contributed by atoms with Gasteiger partial charge in [0.1, 0.15) is 0 Å². The van der Waals surface area contributed by atoms with Crippen LogP contribution in [0, 0.1) is 17.3 Å². The van der Waals surface area contributed by atoms with Crippen molar-refractivity contribution in [1.29, 1.82) is 0 Å². The van der Waals surface area contributed by atoms with Crippen molar-refractivity contribution in [3.8, 4) is 0 Å². The SMILES string of the molecule is CCCCCCCC[N+]1(CCCCCCCC)C(=O)COC12CCC(C(C)(C)CC)CC2C. The van der Waals surface area contributed by atoms with Gasteiger partial charge in [-0.3, -0.25) is 0 Å². The Labute approximate surface area is 207 Å². The van der Waals surface area contributed by atoms with Gasteiger partial charge in [-0.1, -0.05) is 99.3 Å². The molecule has 1 spiro atoms. The van der Waals surface area contributed by atoms with E-state index in [9.17, 15) is 4.79 Å². The number of hydrogen-bond donors (Lipinski definition) is 0. The van der Waals surface area contributed by atoms with E-state index in [-0.39, 0.29) is 5.72 Å². The van der Waals surface area contributed by atoms with Crippen LogP contribution in [0.3, 0.4) is 0 Å². The molecular formula is C30H58NO2+. The predicted octanol–water partition coefficient (Wildman–Crippen LogP) is 8.65. The van der Waals surface area contributed by atoms with E-state index in [1.807, 2.05) is 0 Å². The average Bonchev–Trinajstić information content (AvgIpc) is 3.07. The van der Waals surface area contributed by atoms with Gasteiger partial charge in [0.2, 0.25) is 5.72 Å². The maximum absolute atomic E-state index is 13.6. The van der Waals surface area contributed by atoms with Crippen LogP contribution in [-0.4, -0.2) is 35.8 Å². The highest BCUT2D eigenvalue weighted by Crippen LogP contribution is 2.53. The van der Waals surface area contributed by atoms with E-state index in [1.54, 1.807) is 0 Å². The number of nitrogens with zero attached hydrogens (tertiary/aromatic N) is 1. The van der Waals surface area contributed by atoms with Gasteiger partial charge in [0.25, 0.3) is 0 Å². The Morgan fingerprint density at radius 2 is 1.39 bits per heavy atom. The Hall–Kier alpha value is -0.410. The lowest BCUT2D eigenvalue weighted by Gasteiger charge is -2.53. The molecule has 1 aliphatic carbocycles. The van der Waals surface area contributed by atoms with Gasteiger partial charge >= 0.3 is 5.91 Å². The van der Waals surface area contributed by atoms with E-state index in [0.717, 1.165) is 25.4 Å². The van der Waals surface area contributed by atoms with Gasteiger partial charge in [-0.05, 0) is 49.9 Å². The number of carbonyl (C=O) groups excluding carboxylic acids is 1. The fourth-order valence-electron chi connectivity index (χ4n) is 6.91. The highest BCUT2D eigenvalue weighted by molar-refractivity contribution is 5.72. The fourth-order valence-corrected chi connectivity index (χ4v) is 6.91. The van der Waals surface area contributed by atoms with Crippen molar-refractivity contribution < 1.29 is 14.0 Å². The summed E-state index contributed by atoms with van der Waals surface area (Å²) in [5.74, 6) is 1.58. The zero-order valence-corrected chi connectivity index (χ0v) is 23.4. The minimum absolute atomic E-state index is 0.260. The molecule has 2 aliphatic rings. The number of rotatable bonds is 16. The zero-order valence-electron chi connectivity index (χ0n) is 23.4. The van der Waals surface area contributed by atoms with Gasteiger partial charge in [-0.15, -0.1) is 0 Å². The maximum atomic E-state index is 13.6. The maximum Gasteiger partial charge on any atom is 0.342 e. The highest BCUT2D eigenvalue weighted by Gasteiger charge is 2.65. The molecule has 1 saturated carbocycles. The minimum Gasteiger partial charge on any atom is -0.312 e. The lowest BCUT2D eigenvalue weighted by atomic mass is 9.64. The number of unbranched alkanes of at least 4 members (excludes halogenated alkanes) is 10. The summed E-state index contributed by atoms with van der Waals surface area (Å²) in [4.78, 5) is 13.6. The molecule has 1 heterocycles. The lowest BCUT2D eigenvalue weighted by Crippen LogP contribution is -2.68. The van der Waals surface area contributed by atoms with Crippen molar-refractivity contribution in [2.45, 2.75) is 150 Å². The first-order valence-electron chi connectivity index (χ1n) is 14.8. The van der Waals surface area contributed by atoms with Crippen LogP contribution in [0.25, 0.3) is 0 Å². The second-order valence-electron chi connectivity index (χ2n) is 12.2. The van der Waals surface area contributed by atoms with Crippen LogP contribution in [0.5, 0.6) is 0 Å². The third-order valence-electron chi connectivity index (χ3n) is 9.71. The van der Waals surface area contributed by atoms with Gasteiger partial charge < -0.3 is 4.74 Å². The number of hydrogen-bond acceptors (Lipinski definition) is 2. The highest BCUT2D eigenvalue weighted by atomic mass is 16.5. The second-order valence-corrected chi connectivity index (χ2v) is 12.2. The first-order valence-corrected chi connectivity index (χ1v) is 14.8. The van der Waals surface area contributed by atoms with Gasteiger partial charge in [-0.2, -0.15) is 0 Å². The number of quaternary nitrogens is 1. The Balaban J connectivity index is 2.14. The molecule has 0 aromatic heterocycles. The monoisotopic (exact) mass is 464 g/mol. The van der Waals surface area contributed by atoms with Gasteiger partial charge in [0, 0.05) is 12.3 Å². The molecule has 33 heavy (non-hydrogen) atoms. The summed E-state index contributed by atoms with van der Waals surface area (Å²) in [6.45, 7) is 16.5. The summed E-state index contributed by atoms with van der Waals surface area (Å²) in [6, 6.07) is 0. The molecule has 3 heteroatoms.